The molecule has 0 radical (unpaired) electrons. The van der Waals surface area contributed by atoms with Gasteiger partial charge in [-0.2, -0.15) is 0 Å². The van der Waals surface area contributed by atoms with Crippen LogP contribution < -0.4 is 0 Å². The fourth-order valence-electron chi connectivity index (χ4n) is 2.08. The Morgan fingerprint density at radius 3 is 2.95 bits per heavy atom. The number of pyridine rings is 1. The second-order valence-electron chi connectivity index (χ2n) is 5.65. The molecule has 0 aliphatic heterocycles. The number of amides is 1. The summed E-state index contributed by atoms with van der Waals surface area (Å²) in [5.74, 6) is 1.24. The lowest BCUT2D eigenvalue weighted by molar-refractivity contribution is -0.127. The van der Waals surface area contributed by atoms with Crippen LogP contribution >= 0.6 is 11.8 Å². The Morgan fingerprint density at radius 1 is 1.45 bits per heavy atom. The van der Waals surface area contributed by atoms with Crippen LogP contribution in [0.1, 0.15) is 24.6 Å². The number of rotatable bonds is 7. The van der Waals surface area contributed by atoms with E-state index in [0.717, 1.165) is 17.1 Å². The van der Waals surface area contributed by atoms with E-state index < -0.39 is 0 Å². The lowest BCUT2D eigenvalue weighted by Crippen LogP contribution is -2.30. The van der Waals surface area contributed by atoms with E-state index >= 15 is 0 Å². The van der Waals surface area contributed by atoms with Crippen molar-refractivity contribution in [1.29, 1.82) is 0 Å². The standard InChI is InChI=1S/C16H23N3O2S/c1-12-4-5-15-17-14(9-19(15)8-12)10-22-11-16(21)18(3)7-6-13(2)20/h4-5,8-9,13,20H,6-7,10-11H2,1-3H3. The Labute approximate surface area is 135 Å². The molecule has 1 N–H and O–H groups in total. The van der Waals surface area contributed by atoms with Gasteiger partial charge in [0.1, 0.15) is 5.65 Å². The van der Waals surface area contributed by atoms with Crippen LogP contribution in [0.15, 0.2) is 24.5 Å². The SMILES string of the molecule is Cc1ccc2nc(CSCC(=O)N(C)CCC(C)O)cn2c1. The van der Waals surface area contributed by atoms with Gasteiger partial charge in [-0.3, -0.25) is 4.79 Å². The summed E-state index contributed by atoms with van der Waals surface area (Å²) in [6.07, 6.45) is 4.30. The van der Waals surface area contributed by atoms with E-state index in [-0.39, 0.29) is 12.0 Å². The fraction of sp³-hybridized carbons (Fsp3) is 0.500. The van der Waals surface area contributed by atoms with Gasteiger partial charge in [0.25, 0.3) is 0 Å². The summed E-state index contributed by atoms with van der Waals surface area (Å²) >= 11 is 1.57. The van der Waals surface area contributed by atoms with Gasteiger partial charge in [0.05, 0.1) is 17.6 Å². The minimum atomic E-state index is -0.371. The van der Waals surface area contributed by atoms with Crippen molar-refractivity contribution < 1.29 is 9.90 Å². The van der Waals surface area contributed by atoms with E-state index in [2.05, 4.69) is 11.9 Å². The minimum absolute atomic E-state index is 0.0882. The number of imidazole rings is 1. The number of aromatic nitrogens is 2. The molecule has 0 spiro atoms. The van der Waals surface area contributed by atoms with Crippen LogP contribution in [0.5, 0.6) is 0 Å². The highest BCUT2D eigenvalue weighted by Gasteiger charge is 2.10. The lowest BCUT2D eigenvalue weighted by atomic mass is 10.3. The molecular weight excluding hydrogens is 298 g/mol. The molecule has 1 amide bonds. The van der Waals surface area contributed by atoms with Crippen molar-refractivity contribution in [3.05, 3.63) is 35.8 Å². The molecule has 1 unspecified atom stereocenters. The molecule has 120 valence electrons. The Balaban J connectivity index is 1.80. The van der Waals surface area contributed by atoms with Crippen molar-refractivity contribution in [3.8, 4) is 0 Å². The number of aryl methyl sites for hydroxylation is 1. The van der Waals surface area contributed by atoms with E-state index in [4.69, 9.17) is 0 Å². The zero-order valence-corrected chi connectivity index (χ0v) is 14.1. The highest BCUT2D eigenvalue weighted by Crippen LogP contribution is 2.14. The number of aliphatic hydroxyl groups excluding tert-OH is 1. The van der Waals surface area contributed by atoms with Crippen molar-refractivity contribution in [2.45, 2.75) is 32.1 Å². The average molecular weight is 321 g/mol. The third kappa shape index (κ3) is 4.74. The van der Waals surface area contributed by atoms with Gasteiger partial charge in [-0.15, -0.1) is 11.8 Å². The van der Waals surface area contributed by atoms with Gasteiger partial charge < -0.3 is 14.4 Å². The van der Waals surface area contributed by atoms with Gasteiger partial charge in [-0.25, -0.2) is 4.98 Å². The summed E-state index contributed by atoms with van der Waals surface area (Å²) in [6, 6.07) is 4.04. The average Bonchev–Trinajstić information content (AvgIpc) is 2.86. The lowest BCUT2D eigenvalue weighted by Gasteiger charge is -2.17. The first-order chi connectivity index (χ1) is 10.5. The Kier molecular flexibility index (Phi) is 5.85. The first kappa shape index (κ1) is 16.8. The van der Waals surface area contributed by atoms with Crippen molar-refractivity contribution in [2.75, 3.05) is 19.3 Å². The number of aliphatic hydroxyl groups is 1. The van der Waals surface area contributed by atoms with E-state index in [9.17, 15) is 9.90 Å². The first-order valence-electron chi connectivity index (χ1n) is 7.39. The first-order valence-corrected chi connectivity index (χ1v) is 8.55. The van der Waals surface area contributed by atoms with Gasteiger partial charge in [0.2, 0.25) is 5.91 Å². The van der Waals surface area contributed by atoms with E-state index in [1.165, 1.54) is 5.56 Å². The topological polar surface area (TPSA) is 57.8 Å². The number of carbonyl (C=O) groups is 1. The molecule has 5 nitrogen and oxygen atoms in total. The third-order valence-corrected chi connectivity index (χ3v) is 4.38. The molecular formula is C16H23N3O2S. The van der Waals surface area contributed by atoms with Gasteiger partial charge in [-0.1, -0.05) is 6.07 Å². The van der Waals surface area contributed by atoms with Crippen LogP contribution in [0, 0.1) is 6.92 Å². The van der Waals surface area contributed by atoms with Crippen LogP contribution in [-0.4, -0.2) is 50.7 Å². The zero-order chi connectivity index (χ0) is 16.1. The monoisotopic (exact) mass is 321 g/mol. The molecule has 0 fully saturated rings. The van der Waals surface area contributed by atoms with Crippen molar-refractivity contribution in [3.63, 3.8) is 0 Å². The number of nitrogens with zero attached hydrogens (tertiary/aromatic N) is 3. The maximum absolute atomic E-state index is 12.0. The van der Waals surface area contributed by atoms with E-state index in [1.807, 2.05) is 28.9 Å². The molecule has 2 rings (SSSR count). The van der Waals surface area contributed by atoms with E-state index in [0.29, 0.717) is 18.7 Å². The number of hydrogen-bond donors (Lipinski definition) is 1. The molecule has 0 bridgehead atoms. The third-order valence-electron chi connectivity index (χ3n) is 3.43. The molecule has 1 atom stereocenters. The molecule has 0 aliphatic carbocycles. The van der Waals surface area contributed by atoms with Crippen molar-refractivity contribution in [1.82, 2.24) is 14.3 Å². The second kappa shape index (κ2) is 7.65. The molecule has 0 saturated carbocycles. The second-order valence-corrected chi connectivity index (χ2v) is 6.64. The summed E-state index contributed by atoms with van der Waals surface area (Å²) in [5, 5.41) is 9.24. The zero-order valence-electron chi connectivity index (χ0n) is 13.3. The van der Waals surface area contributed by atoms with Crippen LogP contribution in [0.2, 0.25) is 0 Å². The summed E-state index contributed by atoms with van der Waals surface area (Å²) in [6.45, 7) is 4.37. The van der Waals surface area contributed by atoms with E-state index in [1.54, 1.807) is 30.6 Å². The number of carbonyl (C=O) groups excluding carboxylic acids is 1. The highest BCUT2D eigenvalue weighted by molar-refractivity contribution is 7.99. The predicted octanol–water partition coefficient (Wildman–Crippen LogP) is 2.11. The number of thioether (sulfide) groups is 1. The van der Waals surface area contributed by atoms with Gasteiger partial charge >= 0.3 is 0 Å². The quantitative estimate of drug-likeness (QED) is 0.848. The van der Waals surface area contributed by atoms with Crippen LogP contribution in [0.3, 0.4) is 0 Å². The molecule has 2 aromatic rings. The highest BCUT2D eigenvalue weighted by atomic mass is 32.2. The molecule has 22 heavy (non-hydrogen) atoms. The molecule has 6 heteroatoms. The predicted molar refractivity (Wildman–Crippen MR) is 90.0 cm³/mol. The van der Waals surface area contributed by atoms with Crippen molar-refractivity contribution >= 4 is 23.3 Å². The fourth-order valence-corrected chi connectivity index (χ4v) is 2.93. The maximum atomic E-state index is 12.0. The summed E-state index contributed by atoms with van der Waals surface area (Å²) in [5.41, 5.74) is 3.11. The summed E-state index contributed by atoms with van der Waals surface area (Å²) < 4.78 is 2.02. The van der Waals surface area contributed by atoms with Gasteiger partial charge in [-0.05, 0) is 31.9 Å². The Hall–Kier alpha value is -1.53. The number of hydrogen-bond acceptors (Lipinski definition) is 4. The van der Waals surface area contributed by atoms with Gasteiger partial charge in [0.15, 0.2) is 0 Å². The van der Waals surface area contributed by atoms with Crippen molar-refractivity contribution in [2.24, 2.45) is 0 Å². The smallest absolute Gasteiger partial charge is 0.232 e. The Morgan fingerprint density at radius 2 is 2.23 bits per heavy atom. The molecule has 2 aromatic heterocycles. The molecule has 0 aliphatic rings. The van der Waals surface area contributed by atoms with Crippen LogP contribution in [0.4, 0.5) is 0 Å². The largest absolute Gasteiger partial charge is 0.393 e. The molecule has 0 aromatic carbocycles. The number of fused-ring (bicyclic) bond motifs is 1. The van der Waals surface area contributed by atoms with Crippen LogP contribution in [-0.2, 0) is 10.5 Å². The Bertz CT molecular complexity index is 639. The van der Waals surface area contributed by atoms with Crippen LogP contribution in [0.25, 0.3) is 5.65 Å². The summed E-state index contributed by atoms with van der Waals surface area (Å²) in [7, 11) is 1.78. The normalized spacial score (nSPS) is 12.5. The molecule has 2 heterocycles. The maximum Gasteiger partial charge on any atom is 0.232 e. The minimum Gasteiger partial charge on any atom is -0.393 e. The molecule has 0 saturated heterocycles. The van der Waals surface area contributed by atoms with Gasteiger partial charge in [0, 0.05) is 31.7 Å². The summed E-state index contributed by atoms with van der Waals surface area (Å²) in [4.78, 5) is 18.2.